The topological polar surface area (TPSA) is 57.9 Å². The molecule has 2 aromatic carbocycles. The van der Waals surface area contributed by atoms with E-state index < -0.39 is 0 Å². The number of thiazole rings is 1. The number of rotatable bonds is 7. The van der Waals surface area contributed by atoms with E-state index in [1.54, 1.807) is 34.4 Å². The number of nitrogens with one attached hydrogen (secondary N) is 1. The quantitative estimate of drug-likeness (QED) is 0.178. The molecule has 2 atom stereocenters. The van der Waals surface area contributed by atoms with E-state index in [9.17, 15) is 5.26 Å². The van der Waals surface area contributed by atoms with E-state index >= 15 is 0 Å². The lowest BCUT2D eigenvalue weighted by atomic mass is 9.72. The Balaban J connectivity index is 1.47. The van der Waals surface area contributed by atoms with Gasteiger partial charge in [0.25, 0.3) is 0 Å². The number of thioether (sulfide) groups is 1. The monoisotopic (exact) mass is 567 g/mol. The summed E-state index contributed by atoms with van der Waals surface area (Å²) in [6, 6.07) is 16.5. The van der Waals surface area contributed by atoms with Crippen molar-refractivity contribution >= 4 is 61.3 Å². The molecule has 0 bridgehead atoms. The Hall–Kier alpha value is -2.24. The maximum atomic E-state index is 10.1. The average molecular weight is 568 g/mol. The predicted molar refractivity (Wildman–Crippen MR) is 158 cm³/mol. The summed E-state index contributed by atoms with van der Waals surface area (Å²) in [4.78, 5) is 6.24. The number of ether oxygens (including phenoxy) is 1. The molecule has 0 aliphatic heterocycles. The maximum Gasteiger partial charge on any atom is 0.153 e. The van der Waals surface area contributed by atoms with Gasteiger partial charge in [0, 0.05) is 9.90 Å². The molecular weight excluding hydrogens is 538 g/mol. The van der Waals surface area contributed by atoms with Crippen molar-refractivity contribution in [3.05, 3.63) is 69.1 Å². The molecule has 2 aromatic heterocycles. The van der Waals surface area contributed by atoms with Crippen LogP contribution in [0.3, 0.4) is 0 Å². The summed E-state index contributed by atoms with van der Waals surface area (Å²) in [6.45, 7) is 9.59. The Morgan fingerprint density at radius 2 is 2.00 bits per heavy atom. The molecule has 4 nitrogen and oxygen atoms in total. The second-order valence-corrected chi connectivity index (χ2v) is 14.3. The summed E-state index contributed by atoms with van der Waals surface area (Å²) in [6.07, 6.45) is 3.14. The summed E-state index contributed by atoms with van der Waals surface area (Å²) < 4.78 is 7.74. The Labute approximate surface area is 236 Å². The number of nitrogens with zero attached hydrogens (tertiary/aromatic N) is 2. The van der Waals surface area contributed by atoms with Gasteiger partial charge in [-0.15, -0.1) is 22.7 Å². The molecule has 1 aliphatic rings. The summed E-state index contributed by atoms with van der Waals surface area (Å²) >= 11 is 11.3. The molecule has 0 fully saturated rings. The number of fused-ring (bicyclic) bond motifs is 2. The van der Waals surface area contributed by atoms with Gasteiger partial charge in [0.05, 0.1) is 22.4 Å². The lowest BCUT2D eigenvalue weighted by Gasteiger charge is -2.33. The molecule has 5 rings (SSSR count). The van der Waals surface area contributed by atoms with Gasteiger partial charge in [0.1, 0.15) is 22.2 Å². The third-order valence-electron chi connectivity index (χ3n) is 6.91. The summed E-state index contributed by atoms with van der Waals surface area (Å²) in [5.41, 5.74) is 4.35. The number of hydrogen-bond acceptors (Lipinski definition) is 7. The van der Waals surface area contributed by atoms with Crippen LogP contribution in [0.4, 0.5) is 5.00 Å². The lowest BCUT2D eigenvalue weighted by molar-refractivity contribution is 0.218. The van der Waals surface area contributed by atoms with E-state index in [4.69, 9.17) is 21.3 Å². The number of aromatic nitrogens is 1. The smallest absolute Gasteiger partial charge is 0.153 e. The van der Waals surface area contributed by atoms with Crippen molar-refractivity contribution in [1.29, 1.82) is 5.26 Å². The van der Waals surface area contributed by atoms with Gasteiger partial charge in [-0.2, -0.15) is 5.26 Å². The number of hydrogen-bond donors (Lipinski definition) is 1. The number of thiophene rings is 1. The Morgan fingerprint density at radius 1 is 1.22 bits per heavy atom. The number of benzene rings is 2. The number of nitriles is 1. The van der Waals surface area contributed by atoms with Crippen LogP contribution in [0.25, 0.3) is 10.2 Å². The van der Waals surface area contributed by atoms with Crippen LogP contribution in [0.5, 0.6) is 5.75 Å². The minimum Gasteiger partial charge on any atom is -0.494 e. The van der Waals surface area contributed by atoms with Crippen molar-refractivity contribution in [1.82, 2.24) is 4.98 Å². The first kappa shape index (κ1) is 26.4. The zero-order valence-corrected chi connectivity index (χ0v) is 24.6. The fourth-order valence-electron chi connectivity index (χ4n) is 4.77. The van der Waals surface area contributed by atoms with E-state index in [2.05, 4.69) is 38.2 Å². The highest BCUT2D eigenvalue weighted by Gasteiger charge is 2.32. The Kier molecular flexibility index (Phi) is 7.74. The second kappa shape index (κ2) is 10.9. The standard InChI is InChI=1S/C29H30ClN3OS3/c1-5-34-20-11-13-23-25(15-20)36-28(32-23)37-26(17-6-9-19(30)10-7-17)33-27-22(16-31)21-12-8-18(29(2,3)4)14-24(21)35-27/h6-7,9-11,13,15,18,26,33H,5,8,12,14H2,1-4H3. The lowest BCUT2D eigenvalue weighted by Crippen LogP contribution is -2.26. The van der Waals surface area contributed by atoms with Crippen molar-refractivity contribution in [3.63, 3.8) is 0 Å². The van der Waals surface area contributed by atoms with E-state index in [0.29, 0.717) is 17.5 Å². The molecule has 1 N–H and O–H groups in total. The van der Waals surface area contributed by atoms with Crippen molar-refractivity contribution in [2.75, 3.05) is 11.9 Å². The zero-order valence-electron chi connectivity index (χ0n) is 21.4. The molecule has 4 aromatic rings. The van der Waals surface area contributed by atoms with Crippen LogP contribution in [0.1, 0.15) is 61.1 Å². The minimum atomic E-state index is -0.116. The molecule has 1 aliphatic carbocycles. The van der Waals surface area contributed by atoms with Gasteiger partial charge in [-0.25, -0.2) is 4.98 Å². The normalized spacial score (nSPS) is 16.3. The molecule has 2 heterocycles. The first-order chi connectivity index (χ1) is 17.7. The summed E-state index contributed by atoms with van der Waals surface area (Å²) in [5.74, 6) is 1.49. The molecule has 0 amide bonds. The largest absolute Gasteiger partial charge is 0.494 e. The molecular formula is C29H30ClN3OS3. The molecule has 8 heteroatoms. The van der Waals surface area contributed by atoms with Gasteiger partial charge in [-0.1, -0.05) is 56.3 Å². The van der Waals surface area contributed by atoms with Crippen LogP contribution in [0.2, 0.25) is 5.02 Å². The SMILES string of the molecule is CCOc1ccc2nc(SC(Nc3sc4c(c3C#N)CCC(C(C)(C)C)C4)c3ccc(Cl)cc3)sc2c1. The van der Waals surface area contributed by atoms with Crippen molar-refractivity contribution in [3.8, 4) is 11.8 Å². The van der Waals surface area contributed by atoms with Gasteiger partial charge in [0.15, 0.2) is 4.34 Å². The van der Waals surface area contributed by atoms with Gasteiger partial charge < -0.3 is 10.1 Å². The zero-order chi connectivity index (χ0) is 26.2. The van der Waals surface area contributed by atoms with Crippen LogP contribution < -0.4 is 10.1 Å². The Bertz CT molecular complexity index is 1450. The van der Waals surface area contributed by atoms with Crippen LogP contribution >= 0.6 is 46.0 Å². The summed E-state index contributed by atoms with van der Waals surface area (Å²) in [7, 11) is 0. The molecule has 0 saturated carbocycles. The van der Waals surface area contributed by atoms with Crippen LogP contribution in [0, 0.1) is 22.7 Å². The minimum absolute atomic E-state index is 0.116. The highest BCUT2D eigenvalue weighted by Crippen LogP contribution is 2.47. The predicted octanol–water partition coefficient (Wildman–Crippen LogP) is 9.34. The van der Waals surface area contributed by atoms with Crippen LogP contribution in [-0.2, 0) is 12.8 Å². The summed E-state index contributed by atoms with van der Waals surface area (Å²) in [5, 5.41) is 15.4. The third kappa shape index (κ3) is 5.78. The fourth-order valence-corrected chi connectivity index (χ4v) is 8.58. The fraction of sp³-hybridized carbons (Fsp3) is 0.379. The van der Waals surface area contributed by atoms with Gasteiger partial charge in [0.2, 0.25) is 0 Å². The molecule has 192 valence electrons. The van der Waals surface area contributed by atoms with E-state index in [1.165, 1.54) is 10.4 Å². The van der Waals surface area contributed by atoms with E-state index in [0.717, 1.165) is 55.7 Å². The van der Waals surface area contributed by atoms with Gasteiger partial charge in [-0.3, -0.25) is 0 Å². The van der Waals surface area contributed by atoms with Crippen LogP contribution in [-0.4, -0.2) is 11.6 Å². The van der Waals surface area contributed by atoms with Crippen molar-refractivity contribution < 1.29 is 4.74 Å². The highest BCUT2D eigenvalue weighted by atomic mass is 35.5. The van der Waals surface area contributed by atoms with Crippen LogP contribution in [0.15, 0.2) is 46.8 Å². The van der Waals surface area contributed by atoms with Crippen molar-refractivity contribution in [2.45, 2.75) is 56.7 Å². The highest BCUT2D eigenvalue weighted by molar-refractivity contribution is 8.01. The third-order valence-corrected chi connectivity index (χ3v) is 10.6. The number of anilines is 1. The molecule has 2 unspecified atom stereocenters. The van der Waals surface area contributed by atoms with Gasteiger partial charge in [-0.05, 0) is 79.0 Å². The molecule has 0 radical (unpaired) electrons. The second-order valence-electron chi connectivity index (χ2n) is 10.4. The van der Waals surface area contributed by atoms with E-state index in [1.807, 2.05) is 43.3 Å². The molecule has 37 heavy (non-hydrogen) atoms. The first-order valence-electron chi connectivity index (χ1n) is 12.5. The van der Waals surface area contributed by atoms with E-state index in [-0.39, 0.29) is 10.8 Å². The molecule has 0 spiro atoms. The van der Waals surface area contributed by atoms with Crippen molar-refractivity contribution in [2.24, 2.45) is 11.3 Å². The average Bonchev–Trinajstić information content (AvgIpc) is 3.42. The molecule has 0 saturated heterocycles. The first-order valence-corrected chi connectivity index (χ1v) is 15.4. The maximum absolute atomic E-state index is 10.1. The number of halogens is 1. The Morgan fingerprint density at radius 3 is 2.70 bits per heavy atom. The van der Waals surface area contributed by atoms with Gasteiger partial charge >= 0.3 is 0 Å².